The van der Waals surface area contributed by atoms with Crippen molar-refractivity contribution in [2.45, 2.75) is 25.4 Å². The van der Waals surface area contributed by atoms with Gasteiger partial charge in [0, 0.05) is 13.6 Å². The van der Waals surface area contributed by atoms with Crippen LogP contribution < -0.4 is 5.32 Å². The fourth-order valence-electron chi connectivity index (χ4n) is 1.90. The Balaban J connectivity index is 1.95. The van der Waals surface area contributed by atoms with Gasteiger partial charge in [-0.15, -0.1) is 0 Å². The number of nitrogens with one attached hydrogen (secondary N) is 1. The lowest BCUT2D eigenvalue weighted by atomic mass is 10.2. The van der Waals surface area contributed by atoms with Crippen LogP contribution in [0.1, 0.15) is 25.1 Å². The van der Waals surface area contributed by atoms with Crippen molar-refractivity contribution < 1.29 is 9.21 Å². The lowest BCUT2D eigenvalue weighted by Gasteiger charge is -2.16. The summed E-state index contributed by atoms with van der Waals surface area (Å²) in [5.41, 5.74) is 0. The molecule has 2 atom stereocenters. The summed E-state index contributed by atoms with van der Waals surface area (Å²) in [4.78, 5) is 13.4. The van der Waals surface area contributed by atoms with E-state index in [2.05, 4.69) is 5.32 Å². The molecule has 0 radical (unpaired) electrons. The maximum absolute atomic E-state index is 11.6. The van der Waals surface area contributed by atoms with Gasteiger partial charge in [-0.2, -0.15) is 0 Å². The van der Waals surface area contributed by atoms with Crippen LogP contribution in [-0.2, 0) is 4.79 Å². The topological polar surface area (TPSA) is 45.5 Å². The monoisotopic (exact) mass is 208 g/mol. The van der Waals surface area contributed by atoms with Crippen molar-refractivity contribution in [3.8, 4) is 0 Å². The minimum Gasteiger partial charge on any atom is -0.468 e. The molecule has 4 nitrogen and oxygen atoms in total. The first-order valence-corrected chi connectivity index (χ1v) is 5.23. The summed E-state index contributed by atoms with van der Waals surface area (Å²) in [6, 6.07) is 3.80. The van der Waals surface area contributed by atoms with Gasteiger partial charge in [0.1, 0.15) is 5.76 Å². The highest BCUT2D eigenvalue weighted by Crippen LogP contribution is 2.17. The van der Waals surface area contributed by atoms with Crippen molar-refractivity contribution in [2.24, 2.45) is 0 Å². The molecule has 0 saturated carbocycles. The summed E-state index contributed by atoms with van der Waals surface area (Å²) >= 11 is 0. The van der Waals surface area contributed by atoms with Crippen molar-refractivity contribution in [1.82, 2.24) is 10.2 Å². The Morgan fingerprint density at radius 2 is 2.47 bits per heavy atom. The molecule has 0 spiro atoms. The Morgan fingerprint density at radius 1 is 1.67 bits per heavy atom. The van der Waals surface area contributed by atoms with Gasteiger partial charge in [-0.25, -0.2) is 0 Å². The van der Waals surface area contributed by atoms with Crippen molar-refractivity contribution in [3.63, 3.8) is 0 Å². The van der Waals surface area contributed by atoms with Crippen molar-refractivity contribution in [2.75, 3.05) is 13.6 Å². The zero-order valence-corrected chi connectivity index (χ0v) is 9.06. The summed E-state index contributed by atoms with van der Waals surface area (Å²) in [6.07, 6.45) is 2.52. The third-order valence-electron chi connectivity index (χ3n) is 2.85. The van der Waals surface area contributed by atoms with E-state index in [-0.39, 0.29) is 18.0 Å². The number of amides is 1. The van der Waals surface area contributed by atoms with Crippen LogP contribution in [0.25, 0.3) is 0 Å². The zero-order valence-electron chi connectivity index (χ0n) is 9.06. The maximum atomic E-state index is 11.6. The number of likely N-dealkylation sites (tertiary alicyclic amines) is 1. The number of carbonyl (C=O) groups is 1. The fraction of sp³-hybridized carbons (Fsp3) is 0.545. The fourth-order valence-corrected chi connectivity index (χ4v) is 1.90. The number of furan rings is 1. The molecule has 82 valence electrons. The maximum Gasteiger partial charge on any atom is 0.239 e. The van der Waals surface area contributed by atoms with Gasteiger partial charge in [0.05, 0.1) is 18.3 Å². The number of rotatable bonds is 3. The molecule has 1 N–H and O–H groups in total. The van der Waals surface area contributed by atoms with Crippen LogP contribution in [0.5, 0.6) is 0 Å². The predicted molar refractivity (Wildman–Crippen MR) is 56.3 cm³/mol. The van der Waals surface area contributed by atoms with Gasteiger partial charge in [0.15, 0.2) is 0 Å². The molecule has 1 aromatic heterocycles. The van der Waals surface area contributed by atoms with Gasteiger partial charge in [-0.05, 0) is 25.5 Å². The molecule has 2 rings (SSSR count). The number of likely N-dealkylation sites (N-methyl/N-ethyl adjacent to an activating group) is 1. The number of carbonyl (C=O) groups excluding carboxylic acids is 1. The smallest absolute Gasteiger partial charge is 0.239 e. The van der Waals surface area contributed by atoms with Crippen LogP contribution in [0.15, 0.2) is 22.8 Å². The minimum absolute atomic E-state index is 0.0601. The average Bonchev–Trinajstić information content (AvgIpc) is 2.83. The van der Waals surface area contributed by atoms with E-state index in [9.17, 15) is 4.79 Å². The highest BCUT2D eigenvalue weighted by molar-refractivity contribution is 5.83. The lowest BCUT2D eigenvalue weighted by Crippen LogP contribution is -2.38. The van der Waals surface area contributed by atoms with Crippen LogP contribution in [-0.4, -0.2) is 30.4 Å². The lowest BCUT2D eigenvalue weighted by molar-refractivity contribution is -0.128. The van der Waals surface area contributed by atoms with Crippen LogP contribution in [0.4, 0.5) is 0 Å². The van der Waals surface area contributed by atoms with Crippen LogP contribution in [0.3, 0.4) is 0 Å². The Labute approximate surface area is 89.2 Å². The molecule has 2 unspecified atom stereocenters. The molecule has 1 amide bonds. The van der Waals surface area contributed by atoms with E-state index >= 15 is 0 Å². The number of nitrogens with zero attached hydrogens (tertiary/aromatic N) is 1. The number of hydrogen-bond acceptors (Lipinski definition) is 3. The van der Waals surface area contributed by atoms with Crippen molar-refractivity contribution in [3.05, 3.63) is 24.2 Å². The van der Waals surface area contributed by atoms with E-state index < -0.39 is 0 Å². The largest absolute Gasteiger partial charge is 0.468 e. The van der Waals surface area contributed by atoms with E-state index in [0.29, 0.717) is 0 Å². The summed E-state index contributed by atoms with van der Waals surface area (Å²) in [5, 5.41) is 3.28. The second-order valence-corrected chi connectivity index (χ2v) is 4.00. The van der Waals surface area contributed by atoms with Gasteiger partial charge in [0.25, 0.3) is 0 Å². The van der Waals surface area contributed by atoms with E-state index in [4.69, 9.17) is 4.42 Å². The summed E-state index contributed by atoms with van der Waals surface area (Å²) in [6.45, 7) is 2.84. The van der Waals surface area contributed by atoms with Crippen LogP contribution in [0, 0.1) is 0 Å². The van der Waals surface area contributed by atoms with Gasteiger partial charge in [0.2, 0.25) is 5.91 Å². The van der Waals surface area contributed by atoms with Crippen LogP contribution in [0.2, 0.25) is 0 Å². The molecule has 15 heavy (non-hydrogen) atoms. The summed E-state index contributed by atoms with van der Waals surface area (Å²) in [5.74, 6) is 1.05. The van der Waals surface area contributed by atoms with Gasteiger partial charge in [-0.3, -0.25) is 10.1 Å². The zero-order chi connectivity index (χ0) is 10.8. The third-order valence-corrected chi connectivity index (χ3v) is 2.85. The Kier molecular flexibility index (Phi) is 2.77. The minimum atomic E-state index is -0.0601. The molecule has 1 fully saturated rings. The quantitative estimate of drug-likeness (QED) is 0.810. The van der Waals surface area contributed by atoms with Gasteiger partial charge >= 0.3 is 0 Å². The summed E-state index contributed by atoms with van der Waals surface area (Å²) < 4.78 is 5.28. The van der Waals surface area contributed by atoms with E-state index in [1.54, 1.807) is 11.2 Å². The molecule has 4 heteroatoms. The van der Waals surface area contributed by atoms with Gasteiger partial charge < -0.3 is 9.32 Å². The van der Waals surface area contributed by atoms with E-state index in [1.165, 1.54) is 0 Å². The Hall–Kier alpha value is -1.29. The second kappa shape index (κ2) is 4.06. The molecule has 1 aliphatic heterocycles. The third kappa shape index (κ3) is 2.04. The first-order chi connectivity index (χ1) is 7.18. The van der Waals surface area contributed by atoms with Crippen molar-refractivity contribution >= 4 is 5.91 Å². The molecular formula is C11H16N2O2. The van der Waals surface area contributed by atoms with E-state index in [0.717, 1.165) is 18.7 Å². The average molecular weight is 208 g/mol. The Bertz CT molecular complexity index is 334. The Morgan fingerprint density at radius 3 is 3.00 bits per heavy atom. The molecule has 0 bridgehead atoms. The standard InChI is InChI=1S/C11H16N2O2/c1-8(10-4-3-7-15-10)12-9-5-6-13(2)11(9)14/h3-4,7-9,12H,5-6H2,1-2H3. The van der Waals surface area contributed by atoms with Crippen LogP contribution >= 0.6 is 0 Å². The molecule has 0 aliphatic carbocycles. The molecule has 1 aromatic rings. The number of hydrogen-bond donors (Lipinski definition) is 1. The normalized spacial score (nSPS) is 23.5. The first-order valence-electron chi connectivity index (χ1n) is 5.23. The highest BCUT2D eigenvalue weighted by Gasteiger charge is 2.30. The van der Waals surface area contributed by atoms with E-state index in [1.807, 2.05) is 26.1 Å². The molecule has 1 saturated heterocycles. The van der Waals surface area contributed by atoms with Crippen molar-refractivity contribution in [1.29, 1.82) is 0 Å². The molecule has 2 heterocycles. The second-order valence-electron chi connectivity index (χ2n) is 4.00. The van der Waals surface area contributed by atoms with Gasteiger partial charge in [-0.1, -0.05) is 0 Å². The predicted octanol–water partition coefficient (Wildman–Crippen LogP) is 1.16. The molecular weight excluding hydrogens is 192 g/mol. The SMILES string of the molecule is CC(NC1CCN(C)C1=O)c1ccco1. The first kappa shape index (κ1) is 10.2. The molecule has 0 aromatic carbocycles. The molecule has 1 aliphatic rings. The highest BCUT2D eigenvalue weighted by atomic mass is 16.3. The summed E-state index contributed by atoms with van der Waals surface area (Å²) in [7, 11) is 1.83.